The van der Waals surface area contributed by atoms with Gasteiger partial charge in [-0.2, -0.15) is 26.3 Å². The number of anilines is 2. The summed E-state index contributed by atoms with van der Waals surface area (Å²) in [6.45, 7) is -0.606. The number of alkyl halides is 6. The number of carbonyl (C=O) groups is 3. The maximum Gasteiger partial charge on any atom is 0.418 e. The molecule has 264 valence electrons. The van der Waals surface area contributed by atoms with Crippen LogP contribution in [0.1, 0.15) is 33.9 Å². The normalized spacial score (nSPS) is 26.5. The molecule has 4 aromatic rings. The van der Waals surface area contributed by atoms with Crippen LogP contribution in [0.4, 0.5) is 37.7 Å². The molecule has 7 atom stereocenters. The van der Waals surface area contributed by atoms with Gasteiger partial charge < -0.3 is 15.0 Å². The van der Waals surface area contributed by atoms with Gasteiger partial charge in [-0.05, 0) is 66.1 Å². The van der Waals surface area contributed by atoms with Crippen LogP contribution >= 0.6 is 23.1 Å². The van der Waals surface area contributed by atoms with Gasteiger partial charge in [-0.25, -0.2) is 4.90 Å². The third kappa shape index (κ3) is 5.53. The van der Waals surface area contributed by atoms with Crippen LogP contribution in [-0.4, -0.2) is 34.6 Å². The zero-order valence-electron chi connectivity index (χ0n) is 26.0. The first kappa shape index (κ1) is 33.6. The standard InChI is InChI=1S/C35H25F6N3O5S2/c36-34(37,38)19-8-1-3-10-21(19)42-23(45)14-49-16-7-5-6-15(12-16)24-25-17-13-18(28(25)50-30-29(24)51-33(48)43-30)27-26(17)31(46)44(32(27)47)22-11-4-2-9-20(22)35(39,40)41/h1-12,17-18,24-28H,13-14H2,(H,42,45)(H,43,48)/t17-,18-,24-,25?,26?,27?,28?/m1/s1. The van der Waals surface area contributed by atoms with E-state index < -0.39 is 76.9 Å². The highest BCUT2D eigenvalue weighted by Gasteiger charge is 2.70. The maximum absolute atomic E-state index is 14.0. The van der Waals surface area contributed by atoms with Crippen molar-refractivity contribution in [1.29, 1.82) is 0 Å². The summed E-state index contributed by atoms with van der Waals surface area (Å²) < 4.78 is 87.9. The minimum atomic E-state index is -4.79. The lowest BCUT2D eigenvalue weighted by Gasteiger charge is -2.43. The number of aromatic amines is 1. The molecule has 0 spiro atoms. The molecule has 2 bridgehead atoms. The van der Waals surface area contributed by atoms with Gasteiger partial charge in [-0.15, -0.1) is 11.8 Å². The molecule has 51 heavy (non-hydrogen) atoms. The number of hydrogen-bond acceptors (Lipinski definition) is 7. The van der Waals surface area contributed by atoms with E-state index in [4.69, 9.17) is 4.74 Å². The van der Waals surface area contributed by atoms with Crippen LogP contribution in [0, 0.1) is 29.6 Å². The number of fused-ring (bicyclic) bond motifs is 9. The van der Waals surface area contributed by atoms with Gasteiger partial charge in [0.2, 0.25) is 11.8 Å². The first-order chi connectivity index (χ1) is 24.2. The van der Waals surface area contributed by atoms with Gasteiger partial charge in [0.1, 0.15) is 5.75 Å². The first-order valence-electron chi connectivity index (χ1n) is 15.8. The van der Waals surface area contributed by atoms with E-state index in [9.17, 15) is 45.5 Å². The third-order valence-corrected chi connectivity index (χ3v) is 12.9. The number of halogens is 6. The van der Waals surface area contributed by atoms with E-state index in [0.29, 0.717) is 26.8 Å². The lowest BCUT2D eigenvalue weighted by molar-refractivity contribution is -0.138. The van der Waals surface area contributed by atoms with Gasteiger partial charge in [0.25, 0.3) is 5.91 Å². The van der Waals surface area contributed by atoms with Crippen molar-refractivity contribution in [2.75, 3.05) is 16.8 Å². The van der Waals surface area contributed by atoms with E-state index in [2.05, 4.69) is 10.3 Å². The second-order valence-electron chi connectivity index (χ2n) is 12.9. The van der Waals surface area contributed by atoms with Gasteiger partial charge in [0, 0.05) is 16.0 Å². The van der Waals surface area contributed by atoms with Gasteiger partial charge in [0.15, 0.2) is 6.61 Å². The van der Waals surface area contributed by atoms with E-state index in [-0.39, 0.29) is 33.6 Å². The number of amides is 3. The topological polar surface area (TPSA) is 109 Å². The summed E-state index contributed by atoms with van der Waals surface area (Å²) in [5.41, 5.74) is -2.29. The summed E-state index contributed by atoms with van der Waals surface area (Å²) in [5.74, 6) is -5.00. The maximum atomic E-state index is 14.0. The molecule has 1 saturated heterocycles. The van der Waals surface area contributed by atoms with Crippen molar-refractivity contribution in [1.82, 2.24) is 4.98 Å². The molecular weight excluding hydrogens is 721 g/mol. The van der Waals surface area contributed by atoms with Crippen LogP contribution in [0.2, 0.25) is 0 Å². The molecule has 2 aliphatic carbocycles. The molecule has 2 saturated carbocycles. The fourth-order valence-electron chi connectivity index (χ4n) is 8.51. The fraction of sp³-hybridized carbons (Fsp3) is 0.314. The molecule has 8 rings (SSSR count). The second kappa shape index (κ2) is 12.0. The van der Waals surface area contributed by atoms with Crippen molar-refractivity contribution in [2.45, 2.75) is 35.0 Å². The molecule has 3 heterocycles. The Kier molecular flexibility index (Phi) is 7.90. The lowest BCUT2D eigenvalue weighted by atomic mass is 9.68. The number of ether oxygens (including phenoxy) is 1. The van der Waals surface area contributed by atoms with E-state index in [1.807, 2.05) is 0 Å². The van der Waals surface area contributed by atoms with Crippen molar-refractivity contribution in [3.8, 4) is 5.75 Å². The minimum Gasteiger partial charge on any atom is -0.484 e. The Morgan fingerprint density at radius 3 is 2.25 bits per heavy atom. The van der Waals surface area contributed by atoms with Crippen LogP contribution in [0.3, 0.4) is 0 Å². The molecule has 3 amide bonds. The predicted octanol–water partition coefficient (Wildman–Crippen LogP) is 7.17. The van der Waals surface area contributed by atoms with Gasteiger partial charge >= 0.3 is 17.2 Å². The Bertz CT molecular complexity index is 2150. The molecule has 2 aliphatic heterocycles. The predicted molar refractivity (Wildman–Crippen MR) is 174 cm³/mol. The molecule has 16 heteroatoms. The van der Waals surface area contributed by atoms with Crippen LogP contribution in [0.25, 0.3) is 0 Å². The van der Waals surface area contributed by atoms with E-state index >= 15 is 0 Å². The quantitative estimate of drug-likeness (QED) is 0.160. The molecule has 4 unspecified atom stereocenters. The highest BCUT2D eigenvalue weighted by Crippen LogP contribution is 2.69. The molecule has 8 nitrogen and oxygen atoms in total. The Morgan fingerprint density at radius 1 is 0.863 bits per heavy atom. The third-order valence-electron chi connectivity index (χ3n) is 10.3. The molecule has 4 aliphatic rings. The summed E-state index contributed by atoms with van der Waals surface area (Å²) in [7, 11) is 0. The number of hydrogen-bond donors (Lipinski definition) is 2. The average molecular weight is 746 g/mol. The van der Waals surface area contributed by atoms with Crippen molar-refractivity contribution in [2.24, 2.45) is 29.6 Å². The van der Waals surface area contributed by atoms with Crippen LogP contribution < -0.4 is 19.8 Å². The number of aromatic nitrogens is 1. The number of carbonyl (C=O) groups excluding carboxylic acids is 3. The number of rotatable bonds is 6. The number of thioether (sulfide) groups is 1. The minimum absolute atomic E-state index is 0.231. The molecular formula is C35H25F6N3O5S2. The fourth-order valence-corrected chi connectivity index (χ4v) is 11.4. The van der Waals surface area contributed by atoms with Crippen LogP contribution in [-0.2, 0) is 26.7 Å². The summed E-state index contributed by atoms with van der Waals surface area (Å²) in [4.78, 5) is 57.1. The summed E-state index contributed by atoms with van der Waals surface area (Å²) >= 11 is 2.43. The number of nitrogens with one attached hydrogen (secondary N) is 2. The Morgan fingerprint density at radius 2 is 1.53 bits per heavy atom. The van der Waals surface area contributed by atoms with Crippen molar-refractivity contribution < 1.29 is 45.5 Å². The number of imide groups is 1. The Labute approximate surface area is 293 Å². The highest BCUT2D eigenvalue weighted by molar-refractivity contribution is 8.00. The SMILES string of the molecule is O=C(COc1cccc([C@H]2c3sc(=O)[nH]c3SC3C2[C@H]2C[C@@H]3C3C(=O)N(c4ccccc4C(F)(F)F)C(=O)C32)c1)Nc1ccccc1C(F)(F)F. The smallest absolute Gasteiger partial charge is 0.418 e. The van der Waals surface area contributed by atoms with Crippen LogP contribution in [0.15, 0.2) is 82.6 Å². The second-order valence-corrected chi connectivity index (χ2v) is 15.1. The monoisotopic (exact) mass is 745 g/mol. The van der Waals surface area contributed by atoms with Crippen LogP contribution in [0.5, 0.6) is 5.75 Å². The van der Waals surface area contributed by atoms with E-state index in [1.165, 1.54) is 36.0 Å². The molecule has 0 radical (unpaired) electrons. The number of para-hydroxylation sites is 2. The number of H-pyrrole nitrogens is 1. The molecule has 2 N–H and O–H groups in total. The van der Waals surface area contributed by atoms with E-state index in [1.54, 1.807) is 24.3 Å². The average Bonchev–Trinajstić information content (AvgIpc) is 3.82. The largest absolute Gasteiger partial charge is 0.484 e. The van der Waals surface area contributed by atoms with Crippen molar-refractivity contribution >= 4 is 52.2 Å². The molecule has 3 aromatic carbocycles. The number of benzene rings is 3. The Balaban J connectivity index is 1.08. The van der Waals surface area contributed by atoms with Gasteiger partial charge in [-0.3, -0.25) is 19.2 Å². The Hall–Kier alpha value is -4.57. The summed E-state index contributed by atoms with van der Waals surface area (Å²) in [5, 5.41) is 2.61. The first-order valence-corrected chi connectivity index (χ1v) is 17.5. The molecule has 1 aromatic heterocycles. The van der Waals surface area contributed by atoms with Gasteiger partial charge in [-0.1, -0.05) is 47.7 Å². The number of nitrogens with zero attached hydrogens (tertiary/aromatic N) is 1. The van der Waals surface area contributed by atoms with Crippen molar-refractivity contribution in [3.05, 3.63) is 104 Å². The van der Waals surface area contributed by atoms with Gasteiger partial charge in [0.05, 0.1) is 39.4 Å². The summed E-state index contributed by atoms with van der Waals surface area (Å²) in [6, 6.07) is 15.8. The van der Waals surface area contributed by atoms with E-state index in [0.717, 1.165) is 35.6 Å². The zero-order valence-corrected chi connectivity index (χ0v) is 27.6. The zero-order chi connectivity index (χ0) is 36.0. The molecule has 3 fully saturated rings. The highest BCUT2D eigenvalue weighted by atomic mass is 32.2. The summed E-state index contributed by atoms with van der Waals surface area (Å²) in [6.07, 6.45) is -8.96. The lowest BCUT2D eigenvalue weighted by Crippen LogP contribution is -2.42. The number of thiazole rings is 1. The van der Waals surface area contributed by atoms with Crippen molar-refractivity contribution in [3.63, 3.8) is 0 Å².